The number of nitrogens with zero attached hydrogens (tertiary/aromatic N) is 1. The number of aliphatic hydroxyl groups excluding tert-OH is 1. The van der Waals surface area contributed by atoms with E-state index in [1.54, 1.807) is 0 Å². The predicted octanol–water partition coefficient (Wildman–Crippen LogP) is 1.63. The molecule has 0 amide bonds. The van der Waals surface area contributed by atoms with Crippen molar-refractivity contribution in [3.63, 3.8) is 0 Å². The summed E-state index contributed by atoms with van der Waals surface area (Å²) in [5.74, 6) is 1.27. The van der Waals surface area contributed by atoms with Crippen LogP contribution >= 0.6 is 0 Å². The maximum Gasteiger partial charge on any atom is 0.0611 e. The van der Waals surface area contributed by atoms with Crippen LogP contribution in [0, 0.1) is 11.8 Å². The maximum absolute atomic E-state index is 10.1. The van der Waals surface area contributed by atoms with Gasteiger partial charge in [-0.05, 0) is 57.5 Å². The van der Waals surface area contributed by atoms with Crippen molar-refractivity contribution in [2.24, 2.45) is 11.8 Å². The Balaban J connectivity index is 1.73. The molecule has 0 spiro atoms. The maximum atomic E-state index is 10.1. The van der Waals surface area contributed by atoms with Crippen LogP contribution in [0.4, 0.5) is 0 Å². The second-order valence-corrected chi connectivity index (χ2v) is 5.38. The average Bonchev–Trinajstić information content (AvgIpc) is 2.76. The van der Waals surface area contributed by atoms with Crippen LogP contribution in [-0.2, 0) is 0 Å². The van der Waals surface area contributed by atoms with E-state index in [0.29, 0.717) is 11.8 Å². The molecule has 0 aromatic rings. The Kier molecular flexibility index (Phi) is 2.29. The fraction of sp³-hybridized carbons (Fsp3) is 1.00. The molecule has 4 atom stereocenters. The molecule has 3 aliphatic rings. The standard InChI is InChI=1S/C12H21NO/c14-12-9-3-5-10(12)11(6-4-9)13-7-1-2-8-13/h9-12,14H,1-8H2/t9-,10-,11-,12+/m0/s1. The minimum atomic E-state index is 0.0364. The summed E-state index contributed by atoms with van der Waals surface area (Å²) in [6.45, 7) is 2.58. The van der Waals surface area contributed by atoms with E-state index in [9.17, 15) is 5.11 Å². The third-order valence-corrected chi connectivity index (χ3v) is 4.73. The number of fused-ring (bicyclic) bond motifs is 2. The van der Waals surface area contributed by atoms with Crippen molar-refractivity contribution in [1.82, 2.24) is 4.90 Å². The van der Waals surface area contributed by atoms with Gasteiger partial charge in [0.25, 0.3) is 0 Å². The van der Waals surface area contributed by atoms with E-state index in [4.69, 9.17) is 0 Å². The van der Waals surface area contributed by atoms with Gasteiger partial charge in [-0.1, -0.05) is 0 Å². The van der Waals surface area contributed by atoms with Crippen molar-refractivity contribution in [2.45, 2.75) is 50.7 Å². The Labute approximate surface area is 86.3 Å². The fourth-order valence-corrected chi connectivity index (χ4v) is 3.96. The van der Waals surface area contributed by atoms with Crippen LogP contribution in [0.1, 0.15) is 38.5 Å². The van der Waals surface area contributed by atoms with Gasteiger partial charge in [-0.3, -0.25) is 0 Å². The van der Waals surface area contributed by atoms with Crippen molar-refractivity contribution in [1.29, 1.82) is 0 Å². The van der Waals surface area contributed by atoms with Gasteiger partial charge in [0.15, 0.2) is 0 Å². The van der Waals surface area contributed by atoms with E-state index >= 15 is 0 Å². The Morgan fingerprint density at radius 1 is 0.929 bits per heavy atom. The largest absolute Gasteiger partial charge is 0.392 e. The Bertz CT molecular complexity index is 212. The number of rotatable bonds is 1. The third-order valence-electron chi connectivity index (χ3n) is 4.73. The fourth-order valence-electron chi connectivity index (χ4n) is 3.96. The zero-order valence-electron chi connectivity index (χ0n) is 8.86. The molecule has 1 heterocycles. The molecule has 1 aliphatic heterocycles. The van der Waals surface area contributed by atoms with Crippen molar-refractivity contribution in [2.75, 3.05) is 13.1 Å². The molecule has 2 nitrogen and oxygen atoms in total. The summed E-state index contributed by atoms with van der Waals surface area (Å²) in [6.07, 6.45) is 7.99. The summed E-state index contributed by atoms with van der Waals surface area (Å²) in [5, 5.41) is 10.1. The summed E-state index contributed by atoms with van der Waals surface area (Å²) in [7, 11) is 0. The molecule has 2 saturated carbocycles. The van der Waals surface area contributed by atoms with Gasteiger partial charge in [0.2, 0.25) is 0 Å². The summed E-state index contributed by atoms with van der Waals surface area (Å²) in [6, 6.07) is 0.728. The quantitative estimate of drug-likeness (QED) is 0.687. The summed E-state index contributed by atoms with van der Waals surface area (Å²) < 4.78 is 0. The van der Waals surface area contributed by atoms with Crippen LogP contribution in [0.15, 0.2) is 0 Å². The summed E-state index contributed by atoms with van der Waals surface area (Å²) >= 11 is 0. The van der Waals surface area contributed by atoms with E-state index in [1.807, 2.05) is 0 Å². The van der Waals surface area contributed by atoms with Gasteiger partial charge >= 0.3 is 0 Å². The molecule has 0 aromatic heterocycles. The lowest BCUT2D eigenvalue weighted by molar-refractivity contribution is 0.00634. The van der Waals surface area contributed by atoms with Crippen LogP contribution in [0.25, 0.3) is 0 Å². The van der Waals surface area contributed by atoms with E-state index in [1.165, 1.54) is 51.6 Å². The molecule has 80 valence electrons. The average molecular weight is 195 g/mol. The zero-order valence-corrected chi connectivity index (χ0v) is 8.86. The first-order chi connectivity index (χ1) is 6.86. The van der Waals surface area contributed by atoms with Crippen LogP contribution in [0.3, 0.4) is 0 Å². The van der Waals surface area contributed by atoms with E-state index in [-0.39, 0.29) is 6.10 Å². The highest BCUT2D eigenvalue weighted by molar-refractivity contribution is 4.98. The molecule has 2 aliphatic carbocycles. The molecular formula is C12H21NO. The van der Waals surface area contributed by atoms with Crippen LogP contribution < -0.4 is 0 Å². The van der Waals surface area contributed by atoms with Gasteiger partial charge in [0.1, 0.15) is 0 Å². The highest BCUT2D eigenvalue weighted by Gasteiger charge is 2.45. The first-order valence-corrected chi connectivity index (χ1v) is 6.28. The lowest BCUT2D eigenvalue weighted by Crippen LogP contribution is -2.45. The molecule has 2 bridgehead atoms. The van der Waals surface area contributed by atoms with Gasteiger partial charge in [0, 0.05) is 12.0 Å². The number of likely N-dealkylation sites (tertiary alicyclic amines) is 1. The lowest BCUT2D eigenvalue weighted by atomic mass is 9.81. The van der Waals surface area contributed by atoms with Crippen LogP contribution in [-0.4, -0.2) is 35.2 Å². The first kappa shape index (κ1) is 9.17. The molecule has 14 heavy (non-hydrogen) atoms. The normalized spacial score (nSPS) is 48.6. The second kappa shape index (κ2) is 3.49. The Morgan fingerprint density at radius 3 is 2.43 bits per heavy atom. The van der Waals surface area contributed by atoms with Crippen molar-refractivity contribution in [3.8, 4) is 0 Å². The monoisotopic (exact) mass is 195 g/mol. The molecular weight excluding hydrogens is 174 g/mol. The van der Waals surface area contributed by atoms with Crippen molar-refractivity contribution in [3.05, 3.63) is 0 Å². The van der Waals surface area contributed by atoms with Gasteiger partial charge in [0.05, 0.1) is 6.10 Å². The SMILES string of the molecule is O[C@@H]1[C@H]2CC[C@H]1[C@@H](N1CCCC1)CC2. The molecule has 1 saturated heterocycles. The zero-order chi connectivity index (χ0) is 9.54. The Morgan fingerprint density at radius 2 is 1.64 bits per heavy atom. The minimum absolute atomic E-state index is 0.0364. The number of hydrogen-bond donors (Lipinski definition) is 1. The summed E-state index contributed by atoms with van der Waals surface area (Å²) in [4.78, 5) is 2.65. The number of aliphatic hydroxyl groups is 1. The van der Waals surface area contributed by atoms with Crippen molar-refractivity contribution >= 4 is 0 Å². The molecule has 0 radical (unpaired) electrons. The Hall–Kier alpha value is -0.0800. The van der Waals surface area contributed by atoms with Gasteiger partial charge in [-0.25, -0.2) is 0 Å². The molecule has 1 N–H and O–H groups in total. The van der Waals surface area contributed by atoms with E-state index in [2.05, 4.69) is 4.90 Å². The third kappa shape index (κ3) is 1.31. The van der Waals surface area contributed by atoms with Crippen LogP contribution in [0.5, 0.6) is 0 Å². The van der Waals surface area contributed by atoms with Crippen molar-refractivity contribution < 1.29 is 5.11 Å². The topological polar surface area (TPSA) is 23.5 Å². The first-order valence-electron chi connectivity index (χ1n) is 6.28. The smallest absolute Gasteiger partial charge is 0.0611 e. The highest BCUT2D eigenvalue weighted by Crippen LogP contribution is 2.44. The summed E-state index contributed by atoms with van der Waals surface area (Å²) in [5.41, 5.74) is 0. The van der Waals surface area contributed by atoms with Gasteiger partial charge in [-0.15, -0.1) is 0 Å². The minimum Gasteiger partial charge on any atom is -0.392 e. The van der Waals surface area contributed by atoms with E-state index < -0.39 is 0 Å². The molecule has 0 unspecified atom stereocenters. The lowest BCUT2D eigenvalue weighted by Gasteiger charge is -2.39. The molecule has 0 aromatic carbocycles. The molecule has 2 heteroatoms. The molecule has 3 rings (SSSR count). The van der Waals surface area contributed by atoms with Gasteiger partial charge < -0.3 is 10.0 Å². The van der Waals surface area contributed by atoms with Gasteiger partial charge in [-0.2, -0.15) is 0 Å². The second-order valence-electron chi connectivity index (χ2n) is 5.38. The highest BCUT2D eigenvalue weighted by atomic mass is 16.3. The molecule has 3 fully saturated rings. The number of hydrogen-bond acceptors (Lipinski definition) is 2. The van der Waals surface area contributed by atoms with Crippen LogP contribution in [0.2, 0.25) is 0 Å². The predicted molar refractivity (Wildman–Crippen MR) is 56.0 cm³/mol. The van der Waals surface area contributed by atoms with E-state index in [0.717, 1.165) is 6.04 Å².